The minimum atomic E-state index is -1.73. The molecule has 0 bridgehead atoms. The van der Waals surface area contributed by atoms with Gasteiger partial charge in [0.2, 0.25) is 0 Å². The van der Waals surface area contributed by atoms with Gasteiger partial charge in [-0.25, -0.2) is 0 Å². The first-order valence-electron chi connectivity index (χ1n) is 5.74. The van der Waals surface area contributed by atoms with Crippen LogP contribution in [0.4, 0.5) is 5.69 Å². The zero-order valence-corrected chi connectivity index (χ0v) is 12.2. The van der Waals surface area contributed by atoms with Gasteiger partial charge in [0.25, 0.3) is 8.32 Å². The Kier molecular flexibility index (Phi) is 3.68. The lowest BCUT2D eigenvalue weighted by atomic mass is 10.2. The van der Waals surface area contributed by atoms with Crippen LogP contribution in [0.3, 0.4) is 0 Å². The zero-order valence-electron chi connectivity index (χ0n) is 11.2. The normalized spacial score (nSPS) is 12.4. The first-order chi connectivity index (χ1) is 7.28. The van der Waals surface area contributed by atoms with Crippen LogP contribution in [0.15, 0.2) is 24.3 Å². The molecule has 16 heavy (non-hydrogen) atoms. The van der Waals surface area contributed by atoms with Crippen molar-refractivity contribution < 1.29 is 4.43 Å². The van der Waals surface area contributed by atoms with E-state index in [1.54, 1.807) is 0 Å². The van der Waals surface area contributed by atoms with Crippen molar-refractivity contribution in [2.45, 2.75) is 38.9 Å². The van der Waals surface area contributed by atoms with Gasteiger partial charge < -0.3 is 9.74 Å². The number of hydrogen-bond acceptors (Lipinski definition) is 2. The van der Waals surface area contributed by atoms with Gasteiger partial charge in [0.1, 0.15) is 5.75 Å². The van der Waals surface area contributed by atoms with Gasteiger partial charge in [-0.1, -0.05) is 32.9 Å². The number of nitrogens with one attached hydrogen (secondary N) is 1. The molecule has 0 aliphatic rings. The van der Waals surface area contributed by atoms with Gasteiger partial charge in [0.05, 0.1) is 5.69 Å². The van der Waals surface area contributed by atoms with E-state index in [1.807, 2.05) is 31.3 Å². The molecule has 0 aliphatic carbocycles. The molecule has 1 N–H and O–H groups in total. The topological polar surface area (TPSA) is 21.3 Å². The van der Waals surface area contributed by atoms with E-state index in [0.717, 1.165) is 11.4 Å². The number of hydrogen-bond donors (Lipinski definition) is 1. The first-order valence-corrected chi connectivity index (χ1v) is 8.64. The molecule has 90 valence electrons. The van der Waals surface area contributed by atoms with Crippen LogP contribution in [0, 0.1) is 0 Å². The van der Waals surface area contributed by atoms with Gasteiger partial charge in [0.15, 0.2) is 0 Å². The Hall–Kier alpha value is -0.963. The molecule has 2 nitrogen and oxygen atoms in total. The zero-order chi connectivity index (χ0) is 12.4. The van der Waals surface area contributed by atoms with E-state index >= 15 is 0 Å². The van der Waals surface area contributed by atoms with Crippen molar-refractivity contribution in [2.24, 2.45) is 0 Å². The predicted molar refractivity (Wildman–Crippen MR) is 73.8 cm³/mol. The number of rotatable bonds is 3. The molecule has 0 atom stereocenters. The molecule has 0 aromatic heterocycles. The van der Waals surface area contributed by atoms with Crippen LogP contribution in [-0.2, 0) is 0 Å². The molecule has 0 heterocycles. The Bertz CT molecular complexity index is 355. The Morgan fingerprint density at radius 2 is 1.69 bits per heavy atom. The average Bonchev–Trinajstić information content (AvgIpc) is 2.16. The standard InChI is InChI=1S/C13H23NOSi/c1-13(2,3)16(5,6)15-12-10-8-7-9-11(12)14-4/h7-10,14H,1-6H3. The van der Waals surface area contributed by atoms with E-state index in [1.165, 1.54) is 0 Å². The van der Waals surface area contributed by atoms with Gasteiger partial charge in [0, 0.05) is 7.05 Å². The summed E-state index contributed by atoms with van der Waals surface area (Å²) in [6.45, 7) is 11.3. The minimum absolute atomic E-state index is 0.230. The summed E-state index contributed by atoms with van der Waals surface area (Å²) in [6.07, 6.45) is 0. The molecule has 0 spiro atoms. The molecule has 0 aliphatic heterocycles. The third-order valence-electron chi connectivity index (χ3n) is 3.33. The Morgan fingerprint density at radius 1 is 1.12 bits per heavy atom. The van der Waals surface area contributed by atoms with Crippen molar-refractivity contribution >= 4 is 14.0 Å². The lowest BCUT2D eigenvalue weighted by Crippen LogP contribution is -2.44. The monoisotopic (exact) mass is 237 g/mol. The van der Waals surface area contributed by atoms with Crippen LogP contribution >= 0.6 is 0 Å². The molecular formula is C13H23NOSi. The Morgan fingerprint density at radius 3 is 2.19 bits per heavy atom. The summed E-state index contributed by atoms with van der Waals surface area (Å²) in [5.41, 5.74) is 1.06. The molecule has 0 unspecified atom stereocenters. The summed E-state index contributed by atoms with van der Waals surface area (Å²) >= 11 is 0. The summed E-state index contributed by atoms with van der Waals surface area (Å²) in [6, 6.07) is 8.11. The fourth-order valence-corrected chi connectivity index (χ4v) is 2.22. The predicted octanol–water partition coefficient (Wildman–Crippen LogP) is 4.11. The molecule has 1 rings (SSSR count). The van der Waals surface area contributed by atoms with Gasteiger partial charge in [-0.05, 0) is 30.3 Å². The number of para-hydroxylation sites is 2. The smallest absolute Gasteiger partial charge is 0.250 e. The minimum Gasteiger partial charge on any atom is -0.542 e. The molecule has 0 radical (unpaired) electrons. The molecule has 1 aromatic carbocycles. The van der Waals surface area contributed by atoms with Gasteiger partial charge in [-0.15, -0.1) is 0 Å². The first kappa shape index (κ1) is 13.1. The molecule has 0 fully saturated rings. The molecule has 0 saturated carbocycles. The maximum absolute atomic E-state index is 6.26. The molecule has 0 saturated heterocycles. The lowest BCUT2D eigenvalue weighted by molar-refractivity contribution is 0.494. The SMILES string of the molecule is CNc1ccccc1O[Si](C)(C)C(C)(C)C. The highest BCUT2D eigenvalue weighted by molar-refractivity contribution is 6.74. The highest BCUT2D eigenvalue weighted by atomic mass is 28.4. The maximum atomic E-state index is 6.26. The lowest BCUT2D eigenvalue weighted by Gasteiger charge is -2.36. The second-order valence-electron chi connectivity index (χ2n) is 5.61. The van der Waals surface area contributed by atoms with Crippen LogP contribution in [0.2, 0.25) is 18.1 Å². The van der Waals surface area contributed by atoms with E-state index < -0.39 is 8.32 Å². The number of anilines is 1. The van der Waals surface area contributed by atoms with Crippen LogP contribution in [0.25, 0.3) is 0 Å². The van der Waals surface area contributed by atoms with E-state index in [4.69, 9.17) is 4.43 Å². The van der Waals surface area contributed by atoms with Crippen LogP contribution in [-0.4, -0.2) is 15.4 Å². The fourth-order valence-electron chi connectivity index (χ4n) is 1.19. The molecule has 1 aromatic rings. The maximum Gasteiger partial charge on any atom is 0.250 e. The van der Waals surface area contributed by atoms with Gasteiger partial charge >= 0.3 is 0 Å². The second kappa shape index (κ2) is 4.50. The third kappa shape index (κ3) is 2.79. The van der Waals surface area contributed by atoms with Gasteiger partial charge in [-0.2, -0.15) is 0 Å². The van der Waals surface area contributed by atoms with Gasteiger partial charge in [-0.3, -0.25) is 0 Å². The van der Waals surface area contributed by atoms with E-state index in [-0.39, 0.29) is 5.04 Å². The Balaban J connectivity index is 2.96. The summed E-state index contributed by atoms with van der Waals surface area (Å²) in [5.74, 6) is 0.969. The quantitative estimate of drug-likeness (QED) is 0.799. The Labute approximate surface area is 100 Å². The largest absolute Gasteiger partial charge is 0.542 e. The van der Waals surface area contributed by atoms with Crippen molar-refractivity contribution in [1.29, 1.82) is 0 Å². The highest BCUT2D eigenvalue weighted by Crippen LogP contribution is 2.39. The third-order valence-corrected chi connectivity index (χ3v) is 7.67. The van der Waals surface area contributed by atoms with E-state index in [2.05, 4.69) is 39.2 Å². The average molecular weight is 237 g/mol. The number of benzene rings is 1. The second-order valence-corrected chi connectivity index (χ2v) is 10.3. The van der Waals surface area contributed by atoms with Crippen molar-refractivity contribution in [1.82, 2.24) is 0 Å². The molecule has 3 heteroatoms. The fraction of sp³-hybridized carbons (Fsp3) is 0.538. The van der Waals surface area contributed by atoms with Crippen molar-refractivity contribution in [3.05, 3.63) is 24.3 Å². The van der Waals surface area contributed by atoms with Crippen molar-refractivity contribution in [2.75, 3.05) is 12.4 Å². The van der Waals surface area contributed by atoms with E-state index in [0.29, 0.717) is 0 Å². The molecular weight excluding hydrogens is 214 g/mol. The molecule has 0 amide bonds. The summed E-state index contributed by atoms with van der Waals surface area (Å²) in [7, 11) is 0.191. The van der Waals surface area contributed by atoms with Crippen molar-refractivity contribution in [3.8, 4) is 5.75 Å². The summed E-state index contributed by atoms with van der Waals surface area (Å²) in [5, 5.41) is 3.40. The summed E-state index contributed by atoms with van der Waals surface area (Å²) in [4.78, 5) is 0. The van der Waals surface area contributed by atoms with Crippen LogP contribution in [0.5, 0.6) is 5.75 Å². The van der Waals surface area contributed by atoms with E-state index in [9.17, 15) is 0 Å². The van der Waals surface area contributed by atoms with Crippen LogP contribution in [0.1, 0.15) is 20.8 Å². The van der Waals surface area contributed by atoms with Crippen molar-refractivity contribution in [3.63, 3.8) is 0 Å². The van der Waals surface area contributed by atoms with Crippen LogP contribution < -0.4 is 9.74 Å². The summed E-state index contributed by atoms with van der Waals surface area (Å²) < 4.78 is 6.26. The highest BCUT2D eigenvalue weighted by Gasteiger charge is 2.39.